The number of hydrogen-bond acceptors (Lipinski definition) is 3. The molecule has 2 N–H and O–H groups in total. The number of rotatable bonds is 7. The Bertz CT molecular complexity index is 608. The van der Waals surface area contributed by atoms with E-state index in [4.69, 9.17) is 9.84 Å². The monoisotopic (exact) mass is 299 g/mol. The molecule has 2 rings (SSSR count). The van der Waals surface area contributed by atoms with E-state index in [0.29, 0.717) is 12.2 Å². The van der Waals surface area contributed by atoms with Gasteiger partial charge in [0.1, 0.15) is 12.4 Å². The van der Waals surface area contributed by atoms with E-state index in [1.165, 1.54) is 11.1 Å². The van der Waals surface area contributed by atoms with Crippen molar-refractivity contribution in [2.24, 2.45) is 0 Å². The van der Waals surface area contributed by atoms with Gasteiger partial charge in [-0.25, -0.2) is 0 Å². The van der Waals surface area contributed by atoms with Crippen LogP contribution in [0.15, 0.2) is 48.5 Å². The average Bonchev–Trinajstić information content (AvgIpc) is 2.53. The molecular formula is C18H21NO3. The minimum atomic E-state index is -0.0165. The number of hydrogen-bond donors (Lipinski definition) is 2. The molecule has 0 spiro atoms. The first-order valence-corrected chi connectivity index (χ1v) is 7.37. The predicted octanol–water partition coefficient (Wildman–Crippen LogP) is 2.94. The Morgan fingerprint density at radius 3 is 2.55 bits per heavy atom. The van der Waals surface area contributed by atoms with Crippen molar-refractivity contribution in [2.45, 2.75) is 19.8 Å². The van der Waals surface area contributed by atoms with Gasteiger partial charge < -0.3 is 15.2 Å². The molecule has 2 aromatic rings. The van der Waals surface area contributed by atoms with Crippen LogP contribution in [-0.4, -0.2) is 24.2 Å². The van der Waals surface area contributed by atoms with Crippen LogP contribution in [0.25, 0.3) is 0 Å². The second-order valence-electron chi connectivity index (χ2n) is 5.07. The van der Waals surface area contributed by atoms with Crippen molar-refractivity contribution in [2.75, 3.05) is 18.5 Å². The highest BCUT2D eigenvalue weighted by atomic mass is 16.5. The average molecular weight is 299 g/mol. The van der Waals surface area contributed by atoms with Gasteiger partial charge in [0, 0.05) is 12.1 Å². The summed E-state index contributed by atoms with van der Waals surface area (Å²) in [5.41, 5.74) is 3.15. The van der Waals surface area contributed by atoms with Gasteiger partial charge in [-0.05, 0) is 48.7 Å². The van der Waals surface area contributed by atoms with Crippen molar-refractivity contribution in [3.05, 3.63) is 59.7 Å². The molecule has 0 aromatic heterocycles. The number of benzene rings is 2. The standard InChI is InChI=1S/C18H21NO3/c1-14-4-2-3-5-15(14)6-11-18(21)19-16-7-9-17(10-8-16)22-13-12-20/h2-5,7-10,20H,6,11-13H2,1H3,(H,19,21). The number of ether oxygens (including phenoxy) is 1. The first-order valence-electron chi connectivity index (χ1n) is 7.37. The first-order chi connectivity index (χ1) is 10.7. The summed E-state index contributed by atoms with van der Waals surface area (Å²) in [6, 6.07) is 15.2. The summed E-state index contributed by atoms with van der Waals surface area (Å²) in [5.74, 6) is 0.666. The van der Waals surface area contributed by atoms with Crippen molar-refractivity contribution in [1.29, 1.82) is 0 Å². The summed E-state index contributed by atoms with van der Waals surface area (Å²) in [5, 5.41) is 11.6. The van der Waals surface area contributed by atoms with E-state index in [0.717, 1.165) is 12.1 Å². The van der Waals surface area contributed by atoms with Crippen LogP contribution < -0.4 is 10.1 Å². The molecule has 0 aliphatic carbocycles. The van der Waals surface area contributed by atoms with E-state index >= 15 is 0 Å². The largest absolute Gasteiger partial charge is 0.491 e. The fraction of sp³-hybridized carbons (Fsp3) is 0.278. The summed E-state index contributed by atoms with van der Waals surface area (Å²) < 4.78 is 5.27. The molecule has 22 heavy (non-hydrogen) atoms. The van der Waals surface area contributed by atoms with Crippen LogP contribution in [0, 0.1) is 6.92 Å². The van der Waals surface area contributed by atoms with Crippen molar-refractivity contribution in [1.82, 2.24) is 0 Å². The Morgan fingerprint density at radius 2 is 1.86 bits per heavy atom. The Balaban J connectivity index is 1.83. The van der Waals surface area contributed by atoms with E-state index in [2.05, 4.69) is 24.4 Å². The number of anilines is 1. The second-order valence-corrected chi connectivity index (χ2v) is 5.07. The molecule has 0 aliphatic rings. The molecule has 0 fully saturated rings. The van der Waals surface area contributed by atoms with Gasteiger partial charge in [0.2, 0.25) is 5.91 Å². The van der Waals surface area contributed by atoms with E-state index in [1.54, 1.807) is 24.3 Å². The maximum absolute atomic E-state index is 12.0. The highest BCUT2D eigenvalue weighted by Gasteiger charge is 2.05. The number of amides is 1. The maximum atomic E-state index is 12.0. The van der Waals surface area contributed by atoms with Crippen LogP contribution in [0.5, 0.6) is 5.75 Å². The number of nitrogens with one attached hydrogen (secondary N) is 1. The lowest BCUT2D eigenvalue weighted by molar-refractivity contribution is -0.116. The third-order valence-electron chi connectivity index (χ3n) is 3.38. The minimum Gasteiger partial charge on any atom is -0.491 e. The summed E-state index contributed by atoms with van der Waals surface area (Å²) >= 11 is 0. The minimum absolute atomic E-state index is 0.00715. The summed E-state index contributed by atoms with van der Waals surface area (Å²) in [6.07, 6.45) is 1.18. The van der Waals surface area contributed by atoms with Crippen LogP contribution >= 0.6 is 0 Å². The van der Waals surface area contributed by atoms with E-state index in [-0.39, 0.29) is 19.1 Å². The van der Waals surface area contributed by atoms with Gasteiger partial charge in [-0.2, -0.15) is 0 Å². The molecule has 116 valence electrons. The lowest BCUT2D eigenvalue weighted by atomic mass is 10.0. The third-order valence-corrected chi connectivity index (χ3v) is 3.38. The SMILES string of the molecule is Cc1ccccc1CCC(=O)Nc1ccc(OCCO)cc1. The Kier molecular flexibility index (Phi) is 5.98. The van der Waals surface area contributed by atoms with Gasteiger partial charge in [-0.3, -0.25) is 4.79 Å². The van der Waals surface area contributed by atoms with Gasteiger partial charge in [-0.15, -0.1) is 0 Å². The van der Waals surface area contributed by atoms with Crippen molar-refractivity contribution in [3.8, 4) is 5.75 Å². The van der Waals surface area contributed by atoms with Crippen LogP contribution in [0.4, 0.5) is 5.69 Å². The molecule has 0 unspecified atom stereocenters. The van der Waals surface area contributed by atoms with E-state index < -0.39 is 0 Å². The number of carbonyl (C=O) groups excluding carboxylic acids is 1. The first kappa shape index (κ1) is 16.0. The topological polar surface area (TPSA) is 58.6 Å². The van der Waals surface area contributed by atoms with Crippen molar-refractivity contribution >= 4 is 11.6 Å². The van der Waals surface area contributed by atoms with Gasteiger partial charge in [-0.1, -0.05) is 24.3 Å². The van der Waals surface area contributed by atoms with Crippen LogP contribution in [0.1, 0.15) is 17.5 Å². The summed E-state index contributed by atoms with van der Waals surface area (Å²) in [7, 11) is 0. The van der Waals surface area contributed by atoms with Gasteiger partial charge in [0.05, 0.1) is 6.61 Å². The van der Waals surface area contributed by atoms with Crippen LogP contribution in [0.2, 0.25) is 0 Å². The Morgan fingerprint density at radius 1 is 1.14 bits per heavy atom. The molecule has 0 bridgehead atoms. The Hall–Kier alpha value is -2.33. The normalized spacial score (nSPS) is 10.3. The number of aryl methyl sites for hydroxylation is 2. The molecule has 0 saturated heterocycles. The zero-order valence-corrected chi connectivity index (χ0v) is 12.7. The highest BCUT2D eigenvalue weighted by molar-refractivity contribution is 5.90. The third kappa shape index (κ3) is 4.90. The molecule has 2 aromatic carbocycles. The molecule has 4 nitrogen and oxygen atoms in total. The molecule has 0 aliphatic heterocycles. The maximum Gasteiger partial charge on any atom is 0.224 e. The predicted molar refractivity (Wildman–Crippen MR) is 87.2 cm³/mol. The van der Waals surface area contributed by atoms with E-state index in [1.807, 2.05) is 12.1 Å². The smallest absolute Gasteiger partial charge is 0.224 e. The molecule has 0 heterocycles. The number of aliphatic hydroxyl groups is 1. The fourth-order valence-electron chi connectivity index (χ4n) is 2.16. The number of carbonyl (C=O) groups is 1. The number of aliphatic hydroxyl groups excluding tert-OH is 1. The van der Waals surface area contributed by atoms with Crippen molar-refractivity contribution in [3.63, 3.8) is 0 Å². The highest BCUT2D eigenvalue weighted by Crippen LogP contribution is 2.16. The molecule has 0 atom stereocenters. The zero-order chi connectivity index (χ0) is 15.8. The molecule has 0 saturated carbocycles. The van der Waals surface area contributed by atoms with Gasteiger partial charge in [0.25, 0.3) is 0 Å². The molecular weight excluding hydrogens is 278 g/mol. The van der Waals surface area contributed by atoms with E-state index in [9.17, 15) is 4.79 Å². The van der Waals surface area contributed by atoms with Gasteiger partial charge in [0.15, 0.2) is 0 Å². The molecule has 4 heteroatoms. The van der Waals surface area contributed by atoms with Crippen LogP contribution in [0.3, 0.4) is 0 Å². The van der Waals surface area contributed by atoms with Gasteiger partial charge >= 0.3 is 0 Å². The van der Waals surface area contributed by atoms with Crippen LogP contribution in [-0.2, 0) is 11.2 Å². The Labute approximate surface area is 130 Å². The van der Waals surface area contributed by atoms with Crippen molar-refractivity contribution < 1.29 is 14.6 Å². The summed E-state index contributed by atoms with van der Waals surface area (Å²) in [6.45, 7) is 2.30. The zero-order valence-electron chi connectivity index (χ0n) is 12.7. The molecule has 1 amide bonds. The lowest BCUT2D eigenvalue weighted by Gasteiger charge is -2.08. The fourth-order valence-corrected chi connectivity index (χ4v) is 2.16. The summed E-state index contributed by atoms with van der Waals surface area (Å²) in [4.78, 5) is 12.0. The lowest BCUT2D eigenvalue weighted by Crippen LogP contribution is -2.12. The quantitative estimate of drug-likeness (QED) is 0.826. The molecule has 0 radical (unpaired) electrons. The second kappa shape index (κ2) is 8.20.